The van der Waals surface area contributed by atoms with Crippen LogP contribution in [0.3, 0.4) is 0 Å². The molecule has 4 heteroatoms. The van der Waals surface area contributed by atoms with Gasteiger partial charge in [0.2, 0.25) is 5.89 Å². The van der Waals surface area contributed by atoms with E-state index in [0.29, 0.717) is 5.41 Å². The Balaban J connectivity index is 1.77. The first-order valence-corrected chi connectivity index (χ1v) is 6.89. The van der Waals surface area contributed by atoms with Crippen LogP contribution in [0.5, 0.6) is 0 Å². The zero-order valence-corrected chi connectivity index (χ0v) is 11.6. The smallest absolute Gasteiger partial charge is 0.209 e. The lowest BCUT2D eigenvalue weighted by atomic mass is 9.84. The Morgan fingerprint density at radius 3 is 3.05 bits per heavy atom. The Kier molecular flexibility index (Phi) is 2.97. The second kappa shape index (κ2) is 4.53. The maximum atomic E-state index is 5.79. The molecule has 0 saturated carbocycles. The zero-order valence-electron chi connectivity index (χ0n) is 11.6. The molecule has 1 aromatic heterocycles. The first kappa shape index (κ1) is 12.5. The van der Waals surface area contributed by atoms with E-state index in [-0.39, 0.29) is 0 Å². The number of piperidine rings is 1. The lowest BCUT2D eigenvalue weighted by Crippen LogP contribution is -2.39. The van der Waals surface area contributed by atoms with E-state index in [1.807, 2.05) is 18.2 Å². The van der Waals surface area contributed by atoms with E-state index in [9.17, 15) is 0 Å². The second-order valence-corrected chi connectivity index (χ2v) is 6.31. The molecule has 0 unspecified atom stereocenters. The van der Waals surface area contributed by atoms with Crippen molar-refractivity contribution in [1.29, 1.82) is 0 Å². The molecule has 1 saturated heterocycles. The molecule has 2 N–H and O–H groups in total. The van der Waals surface area contributed by atoms with Crippen molar-refractivity contribution in [3.05, 3.63) is 24.1 Å². The van der Waals surface area contributed by atoms with Crippen molar-refractivity contribution in [1.82, 2.24) is 9.88 Å². The van der Waals surface area contributed by atoms with Crippen LogP contribution < -0.4 is 5.73 Å². The summed E-state index contributed by atoms with van der Waals surface area (Å²) >= 11 is 0. The minimum absolute atomic E-state index is 0.398. The number of nitrogens with two attached hydrogens (primary N) is 1. The predicted molar refractivity (Wildman–Crippen MR) is 76.7 cm³/mol. The fourth-order valence-electron chi connectivity index (χ4n) is 2.93. The third-order valence-electron chi connectivity index (χ3n) is 3.79. The van der Waals surface area contributed by atoms with Gasteiger partial charge in [-0.25, -0.2) is 4.98 Å². The maximum Gasteiger partial charge on any atom is 0.209 e. The van der Waals surface area contributed by atoms with Gasteiger partial charge in [0.15, 0.2) is 5.58 Å². The summed E-state index contributed by atoms with van der Waals surface area (Å²) in [6.07, 6.45) is 2.55. The molecule has 1 aromatic carbocycles. The molecule has 2 heterocycles. The van der Waals surface area contributed by atoms with Crippen LogP contribution in [0.4, 0.5) is 5.69 Å². The van der Waals surface area contributed by atoms with Gasteiger partial charge >= 0.3 is 0 Å². The van der Waals surface area contributed by atoms with E-state index in [1.165, 1.54) is 12.8 Å². The summed E-state index contributed by atoms with van der Waals surface area (Å²) in [6.45, 7) is 7.67. The lowest BCUT2D eigenvalue weighted by molar-refractivity contribution is 0.104. The van der Waals surface area contributed by atoms with E-state index < -0.39 is 0 Å². The molecule has 3 rings (SSSR count). The fraction of sp³-hybridized carbons (Fsp3) is 0.533. The maximum absolute atomic E-state index is 5.79. The molecule has 4 nitrogen and oxygen atoms in total. The minimum Gasteiger partial charge on any atom is -0.439 e. The van der Waals surface area contributed by atoms with E-state index in [4.69, 9.17) is 10.2 Å². The van der Waals surface area contributed by atoms with Gasteiger partial charge in [-0.05, 0) is 43.0 Å². The molecule has 0 amide bonds. The van der Waals surface area contributed by atoms with E-state index in [2.05, 4.69) is 23.7 Å². The standard InChI is InChI=1S/C15H21N3O/c1-15(2)6-3-7-18(10-15)9-14-17-12-8-11(16)4-5-13(12)19-14/h4-5,8H,3,6-7,9-10,16H2,1-2H3. The molecular weight excluding hydrogens is 238 g/mol. The monoisotopic (exact) mass is 259 g/mol. The van der Waals surface area contributed by atoms with Gasteiger partial charge in [0.25, 0.3) is 0 Å². The fourth-order valence-corrected chi connectivity index (χ4v) is 2.93. The number of hydrogen-bond acceptors (Lipinski definition) is 4. The summed E-state index contributed by atoms with van der Waals surface area (Å²) < 4.78 is 5.79. The van der Waals surface area contributed by atoms with Gasteiger partial charge in [-0.3, -0.25) is 4.90 Å². The molecular formula is C15H21N3O. The molecule has 1 aliphatic rings. The molecule has 1 aliphatic heterocycles. The number of likely N-dealkylation sites (tertiary alicyclic amines) is 1. The second-order valence-electron chi connectivity index (χ2n) is 6.31. The highest BCUT2D eigenvalue weighted by Gasteiger charge is 2.27. The summed E-state index contributed by atoms with van der Waals surface area (Å²) in [4.78, 5) is 6.96. The molecule has 102 valence electrons. The van der Waals surface area contributed by atoms with Crippen molar-refractivity contribution in [3.8, 4) is 0 Å². The van der Waals surface area contributed by atoms with Gasteiger partial charge in [0.05, 0.1) is 6.54 Å². The summed E-state index contributed by atoms with van der Waals surface area (Å²) in [5.74, 6) is 0.790. The van der Waals surface area contributed by atoms with Gasteiger partial charge in [0.1, 0.15) is 5.52 Å². The first-order valence-electron chi connectivity index (χ1n) is 6.89. The Morgan fingerprint density at radius 1 is 1.42 bits per heavy atom. The number of oxazole rings is 1. The summed E-state index contributed by atoms with van der Waals surface area (Å²) in [5.41, 5.74) is 8.56. The Morgan fingerprint density at radius 2 is 2.26 bits per heavy atom. The Bertz CT molecular complexity index is 588. The Hall–Kier alpha value is -1.55. The van der Waals surface area contributed by atoms with Crippen molar-refractivity contribution in [2.24, 2.45) is 5.41 Å². The number of hydrogen-bond donors (Lipinski definition) is 1. The van der Waals surface area contributed by atoms with E-state index in [0.717, 1.165) is 42.3 Å². The highest BCUT2D eigenvalue weighted by atomic mass is 16.3. The largest absolute Gasteiger partial charge is 0.439 e. The number of rotatable bonds is 2. The van der Waals surface area contributed by atoms with Crippen LogP contribution in [0.2, 0.25) is 0 Å². The van der Waals surface area contributed by atoms with Crippen molar-refractivity contribution in [3.63, 3.8) is 0 Å². The van der Waals surface area contributed by atoms with Gasteiger partial charge in [-0.15, -0.1) is 0 Å². The highest BCUT2D eigenvalue weighted by molar-refractivity contribution is 5.76. The van der Waals surface area contributed by atoms with Crippen molar-refractivity contribution in [2.45, 2.75) is 33.2 Å². The Labute approximate surface area is 113 Å². The van der Waals surface area contributed by atoms with E-state index >= 15 is 0 Å². The molecule has 0 aliphatic carbocycles. The molecule has 1 fully saturated rings. The van der Waals surface area contributed by atoms with Crippen LogP contribution in [0, 0.1) is 5.41 Å². The van der Waals surface area contributed by atoms with Gasteiger partial charge in [0, 0.05) is 12.2 Å². The minimum atomic E-state index is 0.398. The van der Waals surface area contributed by atoms with Crippen molar-refractivity contribution in [2.75, 3.05) is 18.8 Å². The van der Waals surface area contributed by atoms with Crippen LogP contribution in [-0.4, -0.2) is 23.0 Å². The summed E-state index contributed by atoms with van der Waals surface area (Å²) in [6, 6.07) is 5.60. The van der Waals surface area contributed by atoms with Gasteiger partial charge in [-0.2, -0.15) is 0 Å². The molecule has 0 spiro atoms. The topological polar surface area (TPSA) is 55.3 Å². The number of benzene rings is 1. The van der Waals surface area contributed by atoms with Crippen LogP contribution in [-0.2, 0) is 6.54 Å². The number of fused-ring (bicyclic) bond motifs is 1. The molecule has 19 heavy (non-hydrogen) atoms. The normalized spacial score (nSPS) is 19.9. The molecule has 2 aromatic rings. The molecule has 0 atom stereocenters. The quantitative estimate of drug-likeness (QED) is 0.842. The summed E-state index contributed by atoms with van der Waals surface area (Å²) in [7, 11) is 0. The van der Waals surface area contributed by atoms with Gasteiger partial charge < -0.3 is 10.2 Å². The number of aromatic nitrogens is 1. The number of nitrogens with zero attached hydrogens (tertiary/aromatic N) is 2. The average Bonchev–Trinajstić information content (AvgIpc) is 2.68. The number of anilines is 1. The SMILES string of the molecule is CC1(C)CCCN(Cc2nc3cc(N)ccc3o2)C1. The third kappa shape index (κ3) is 2.73. The summed E-state index contributed by atoms with van der Waals surface area (Å²) in [5, 5.41) is 0. The van der Waals surface area contributed by atoms with Crippen molar-refractivity contribution < 1.29 is 4.42 Å². The first-order chi connectivity index (χ1) is 9.02. The highest BCUT2D eigenvalue weighted by Crippen LogP contribution is 2.29. The van der Waals surface area contributed by atoms with Gasteiger partial charge in [-0.1, -0.05) is 13.8 Å². The van der Waals surface area contributed by atoms with Crippen LogP contribution >= 0.6 is 0 Å². The van der Waals surface area contributed by atoms with Crippen LogP contribution in [0.25, 0.3) is 11.1 Å². The molecule has 0 bridgehead atoms. The lowest BCUT2D eigenvalue weighted by Gasteiger charge is -2.37. The molecule has 0 radical (unpaired) electrons. The average molecular weight is 259 g/mol. The van der Waals surface area contributed by atoms with Crippen LogP contribution in [0.1, 0.15) is 32.6 Å². The van der Waals surface area contributed by atoms with Crippen LogP contribution in [0.15, 0.2) is 22.6 Å². The van der Waals surface area contributed by atoms with E-state index in [1.54, 1.807) is 0 Å². The number of nitrogen functional groups attached to an aromatic ring is 1. The third-order valence-corrected chi connectivity index (χ3v) is 3.79. The predicted octanol–water partition coefficient (Wildman–Crippen LogP) is 3.03. The zero-order chi connectivity index (χ0) is 13.5. The van der Waals surface area contributed by atoms with Crippen molar-refractivity contribution >= 4 is 16.8 Å².